The molecule has 0 saturated carbocycles. The molecule has 0 bridgehead atoms. The van der Waals surface area contributed by atoms with Gasteiger partial charge in [-0.1, -0.05) is 6.07 Å². The van der Waals surface area contributed by atoms with Crippen molar-refractivity contribution in [2.75, 3.05) is 0 Å². The molecule has 3 rings (SSSR count). The van der Waals surface area contributed by atoms with E-state index in [4.69, 9.17) is 0 Å². The summed E-state index contributed by atoms with van der Waals surface area (Å²) in [5.41, 5.74) is 3.26. The maximum atomic E-state index is 12.0. The molecule has 1 aromatic heterocycles. The zero-order valence-electron chi connectivity index (χ0n) is 7.70. The van der Waals surface area contributed by atoms with Gasteiger partial charge in [-0.3, -0.25) is 9.78 Å². The Balaban J connectivity index is 2.38. The van der Waals surface area contributed by atoms with E-state index in [-0.39, 0.29) is 5.78 Å². The Morgan fingerprint density at radius 2 is 1.93 bits per heavy atom. The highest BCUT2D eigenvalue weighted by molar-refractivity contribution is 14.1. The predicted octanol–water partition coefficient (Wildman–Crippen LogP) is 2.90. The van der Waals surface area contributed by atoms with E-state index < -0.39 is 0 Å². The van der Waals surface area contributed by atoms with E-state index in [9.17, 15) is 4.79 Å². The second-order valence-electron chi connectivity index (χ2n) is 3.42. The number of fused-ring (bicyclic) bond motifs is 3. The van der Waals surface area contributed by atoms with Gasteiger partial charge in [-0.05, 0) is 46.9 Å². The summed E-state index contributed by atoms with van der Waals surface area (Å²) in [6, 6.07) is 9.51. The standard InChI is InChI=1S/C12H6INO/c13-7-3-4-8-10(6-7)12(15)9-2-1-5-14-11(8)9/h1-6H. The summed E-state index contributed by atoms with van der Waals surface area (Å²) in [5.74, 6) is 0.0895. The molecule has 1 aromatic carbocycles. The Kier molecular flexibility index (Phi) is 1.88. The average molecular weight is 307 g/mol. The van der Waals surface area contributed by atoms with Crippen LogP contribution in [0.1, 0.15) is 15.9 Å². The molecule has 0 spiro atoms. The minimum atomic E-state index is 0.0895. The maximum Gasteiger partial charge on any atom is 0.195 e. The lowest BCUT2D eigenvalue weighted by Crippen LogP contribution is -1.95. The van der Waals surface area contributed by atoms with Crippen molar-refractivity contribution in [1.29, 1.82) is 0 Å². The summed E-state index contributed by atoms with van der Waals surface area (Å²) < 4.78 is 1.08. The van der Waals surface area contributed by atoms with E-state index in [2.05, 4.69) is 27.6 Å². The molecule has 15 heavy (non-hydrogen) atoms. The van der Waals surface area contributed by atoms with E-state index in [1.165, 1.54) is 0 Å². The van der Waals surface area contributed by atoms with E-state index >= 15 is 0 Å². The third kappa shape index (κ3) is 1.23. The number of aromatic nitrogens is 1. The molecule has 1 aliphatic carbocycles. The number of hydrogen-bond donors (Lipinski definition) is 0. The summed E-state index contributed by atoms with van der Waals surface area (Å²) in [4.78, 5) is 16.3. The van der Waals surface area contributed by atoms with Crippen molar-refractivity contribution < 1.29 is 4.79 Å². The minimum absolute atomic E-state index is 0.0895. The third-order valence-electron chi connectivity index (χ3n) is 2.53. The highest BCUT2D eigenvalue weighted by Gasteiger charge is 2.27. The molecular weight excluding hydrogens is 301 g/mol. The summed E-state index contributed by atoms with van der Waals surface area (Å²) >= 11 is 2.21. The monoisotopic (exact) mass is 307 g/mol. The van der Waals surface area contributed by atoms with Crippen LogP contribution in [-0.2, 0) is 0 Å². The lowest BCUT2D eigenvalue weighted by atomic mass is 10.1. The van der Waals surface area contributed by atoms with Crippen LogP contribution in [0, 0.1) is 3.57 Å². The predicted molar refractivity (Wildman–Crippen MR) is 65.8 cm³/mol. The highest BCUT2D eigenvalue weighted by atomic mass is 127. The van der Waals surface area contributed by atoms with Crippen LogP contribution in [0.4, 0.5) is 0 Å². The van der Waals surface area contributed by atoms with E-state index in [1.54, 1.807) is 12.3 Å². The highest BCUT2D eigenvalue weighted by Crippen LogP contribution is 2.35. The number of halogens is 1. The van der Waals surface area contributed by atoms with Crippen molar-refractivity contribution in [3.05, 3.63) is 51.2 Å². The molecule has 0 aliphatic heterocycles. The molecule has 2 aromatic rings. The topological polar surface area (TPSA) is 30.0 Å². The Morgan fingerprint density at radius 3 is 2.80 bits per heavy atom. The molecule has 0 atom stereocenters. The molecule has 0 N–H and O–H groups in total. The zero-order valence-corrected chi connectivity index (χ0v) is 9.86. The van der Waals surface area contributed by atoms with Gasteiger partial charge in [-0.2, -0.15) is 0 Å². The largest absolute Gasteiger partial charge is 0.289 e. The van der Waals surface area contributed by atoms with Gasteiger partial charge in [0.05, 0.1) is 5.69 Å². The van der Waals surface area contributed by atoms with Crippen molar-refractivity contribution in [3.63, 3.8) is 0 Å². The number of carbonyl (C=O) groups excluding carboxylic acids is 1. The van der Waals surface area contributed by atoms with Crippen molar-refractivity contribution in [2.45, 2.75) is 0 Å². The van der Waals surface area contributed by atoms with Gasteiger partial charge in [0.25, 0.3) is 0 Å². The van der Waals surface area contributed by atoms with Gasteiger partial charge in [0.2, 0.25) is 0 Å². The minimum Gasteiger partial charge on any atom is -0.289 e. The zero-order chi connectivity index (χ0) is 10.4. The summed E-state index contributed by atoms with van der Waals surface area (Å²) in [7, 11) is 0. The first-order chi connectivity index (χ1) is 7.27. The van der Waals surface area contributed by atoms with Gasteiger partial charge in [0.15, 0.2) is 5.78 Å². The van der Waals surface area contributed by atoms with Crippen molar-refractivity contribution in [1.82, 2.24) is 4.98 Å². The van der Waals surface area contributed by atoms with Gasteiger partial charge < -0.3 is 0 Å². The van der Waals surface area contributed by atoms with Crippen LogP contribution in [0.15, 0.2) is 36.5 Å². The molecule has 0 unspecified atom stereocenters. The van der Waals surface area contributed by atoms with Crippen LogP contribution in [0.2, 0.25) is 0 Å². The van der Waals surface area contributed by atoms with Gasteiger partial charge in [-0.25, -0.2) is 0 Å². The van der Waals surface area contributed by atoms with Crippen LogP contribution in [0.3, 0.4) is 0 Å². The van der Waals surface area contributed by atoms with Crippen molar-refractivity contribution in [3.8, 4) is 11.3 Å². The molecule has 2 nitrogen and oxygen atoms in total. The summed E-state index contributed by atoms with van der Waals surface area (Å²) in [5, 5.41) is 0. The molecule has 0 radical (unpaired) electrons. The Bertz CT molecular complexity index is 578. The van der Waals surface area contributed by atoms with Crippen LogP contribution < -0.4 is 0 Å². The number of ketones is 1. The van der Waals surface area contributed by atoms with Crippen LogP contribution in [-0.4, -0.2) is 10.8 Å². The fourth-order valence-electron chi connectivity index (χ4n) is 1.86. The van der Waals surface area contributed by atoms with Crippen LogP contribution in [0.25, 0.3) is 11.3 Å². The maximum absolute atomic E-state index is 12.0. The number of carbonyl (C=O) groups is 1. The number of pyridine rings is 1. The molecule has 0 saturated heterocycles. The third-order valence-corrected chi connectivity index (χ3v) is 3.20. The van der Waals surface area contributed by atoms with Crippen LogP contribution >= 0.6 is 22.6 Å². The van der Waals surface area contributed by atoms with E-state index in [1.807, 2.05) is 24.3 Å². The van der Waals surface area contributed by atoms with Gasteiger partial charge in [0, 0.05) is 26.5 Å². The number of nitrogens with zero attached hydrogens (tertiary/aromatic N) is 1. The molecule has 3 heteroatoms. The molecule has 72 valence electrons. The lowest BCUT2D eigenvalue weighted by molar-refractivity contribution is 0.104. The fourth-order valence-corrected chi connectivity index (χ4v) is 2.35. The lowest BCUT2D eigenvalue weighted by Gasteiger charge is -1.97. The molecule has 0 fully saturated rings. The Labute approximate surface area is 100 Å². The first-order valence-corrected chi connectivity index (χ1v) is 5.65. The van der Waals surface area contributed by atoms with E-state index in [0.717, 1.165) is 26.0 Å². The SMILES string of the molecule is O=C1c2cc(I)ccc2-c2ncccc21. The number of benzene rings is 1. The number of hydrogen-bond acceptors (Lipinski definition) is 2. The molecule has 0 amide bonds. The first-order valence-electron chi connectivity index (χ1n) is 4.57. The summed E-state index contributed by atoms with van der Waals surface area (Å²) in [6.45, 7) is 0. The van der Waals surface area contributed by atoms with Gasteiger partial charge >= 0.3 is 0 Å². The smallest absolute Gasteiger partial charge is 0.195 e. The van der Waals surface area contributed by atoms with Gasteiger partial charge in [0.1, 0.15) is 0 Å². The second-order valence-corrected chi connectivity index (χ2v) is 4.66. The first kappa shape index (κ1) is 9.03. The molecular formula is C12H6INO. The Morgan fingerprint density at radius 1 is 1.07 bits per heavy atom. The second kappa shape index (κ2) is 3.13. The fraction of sp³-hybridized carbons (Fsp3) is 0. The van der Waals surface area contributed by atoms with Crippen molar-refractivity contribution in [2.24, 2.45) is 0 Å². The normalized spacial score (nSPS) is 12.5. The van der Waals surface area contributed by atoms with Crippen LogP contribution in [0.5, 0.6) is 0 Å². The summed E-state index contributed by atoms with van der Waals surface area (Å²) in [6.07, 6.45) is 1.72. The number of rotatable bonds is 0. The average Bonchev–Trinajstić information content (AvgIpc) is 2.54. The molecule has 1 heterocycles. The quantitative estimate of drug-likeness (QED) is 0.598. The Hall–Kier alpha value is -1.23. The molecule has 1 aliphatic rings. The van der Waals surface area contributed by atoms with E-state index in [0.29, 0.717) is 0 Å². The van der Waals surface area contributed by atoms with Crippen molar-refractivity contribution >= 4 is 28.4 Å². The van der Waals surface area contributed by atoms with Gasteiger partial charge in [-0.15, -0.1) is 0 Å².